The molecule has 1 saturated heterocycles. The van der Waals surface area contributed by atoms with Gasteiger partial charge in [-0.3, -0.25) is 9.59 Å². The third-order valence-electron chi connectivity index (χ3n) is 4.44. The lowest BCUT2D eigenvalue weighted by molar-refractivity contribution is -0.133. The van der Waals surface area contributed by atoms with Crippen LogP contribution in [0.3, 0.4) is 0 Å². The summed E-state index contributed by atoms with van der Waals surface area (Å²) in [5.41, 5.74) is 1.12. The molecule has 1 aliphatic heterocycles. The zero-order chi connectivity index (χ0) is 15.7. The fourth-order valence-electron chi connectivity index (χ4n) is 3.03. The Kier molecular flexibility index (Phi) is 3.96. The van der Waals surface area contributed by atoms with Gasteiger partial charge in [0.15, 0.2) is 6.29 Å². The number of rotatable bonds is 3. The normalized spacial score (nSPS) is 16.2. The Balaban J connectivity index is 1.84. The molecular formula is C17H19FN2O2. The van der Waals surface area contributed by atoms with E-state index in [1.165, 1.54) is 12.1 Å². The van der Waals surface area contributed by atoms with Crippen LogP contribution in [0.25, 0.3) is 10.9 Å². The molecule has 0 atom stereocenters. The molecule has 0 N–H and O–H groups in total. The maximum Gasteiger partial charge on any atom is 0.242 e. The second kappa shape index (κ2) is 5.91. The van der Waals surface area contributed by atoms with E-state index in [1.807, 2.05) is 4.90 Å². The first-order chi connectivity index (χ1) is 10.6. The van der Waals surface area contributed by atoms with Crippen molar-refractivity contribution in [3.8, 4) is 0 Å². The number of hydrogen-bond donors (Lipinski definition) is 0. The molecule has 4 nitrogen and oxygen atoms in total. The highest BCUT2D eigenvalue weighted by Gasteiger charge is 2.21. The highest BCUT2D eigenvalue weighted by molar-refractivity contribution is 5.98. The van der Waals surface area contributed by atoms with E-state index in [4.69, 9.17) is 0 Å². The number of carbonyl (C=O) groups is 2. The van der Waals surface area contributed by atoms with E-state index in [9.17, 15) is 14.0 Å². The molecule has 116 valence electrons. The molecule has 0 bridgehead atoms. The van der Waals surface area contributed by atoms with Crippen LogP contribution in [0.15, 0.2) is 24.4 Å². The number of aldehydes is 1. The average Bonchev–Trinajstić information content (AvgIpc) is 2.85. The molecule has 1 aliphatic rings. The van der Waals surface area contributed by atoms with E-state index < -0.39 is 0 Å². The molecule has 3 rings (SSSR count). The highest BCUT2D eigenvalue weighted by Crippen LogP contribution is 2.22. The van der Waals surface area contributed by atoms with Crippen LogP contribution in [0.2, 0.25) is 0 Å². The third-order valence-corrected chi connectivity index (χ3v) is 4.44. The Morgan fingerprint density at radius 2 is 2.09 bits per heavy atom. The Bertz CT molecular complexity index is 715. The van der Waals surface area contributed by atoms with Crippen LogP contribution < -0.4 is 0 Å². The minimum Gasteiger partial charge on any atom is -0.341 e. The zero-order valence-electron chi connectivity index (χ0n) is 12.6. The second-order valence-corrected chi connectivity index (χ2v) is 6.05. The Morgan fingerprint density at radius 1 is 1.36 bits per heavy atom. The van der Waals surface area contributed by atoms with Crippen LogP contribution in [0.1, 0.15) is 30.1 Å². The summed E-state index contributed by atoms with van der Waals surface area (Å²) in [6.45, 7) is 3.96. The van der Waals surface area contributed by atoms with Gasteiger partial charge in [-0.05, 0) is 37.0 Å². The van der Waals surface area contributed by atoms with Gasteiger partial charge in [0.05, 0.1) is 0 Å². The predicted molar refractivity (Wildman–Crippen MR) is 82.3 cm³/mol. The van der Waals surface area contributed by atoms with Crippen molar-refractivity contribution in [2.24, 2.45) is 5.92 Å². The van der Waals surface area contributed by atoms with Gasteiger partial charge in [-0.1, -0.05) is 6.92 Å². The van der Waals surface area contributed by atoms with Crippen LogP contribution in [-0.4, -0.2) is 34.7 Å². The van der Waals surface area contributed by atoms with E-state index in [-0.39, 0.29) is 18.3 Å². The van der Waals surface area contributed by atoms with Crippen molar-refractivity contribution in [2.45, 2.75) is 26.3 Å². The van der Waals surface area contributed by atoms with Crippen molar-refractivity contribution in [1.82, 2.24) is 9.47 Å². The largest absolute Gasteiger partial charge is 0.341 e. The molecule has 5 heteroatoms. The number of hydrogen-bond acceptors (Lipinski definition) is 2. The molecule has 2 aromatic rings. The Morgan fingerprint density at radius 3 is 2.77 bits per heavy atom. The average molecular weight is 302 g/mol. The number of amides is 1. The summed E-state index contributed by atoms with van der Waals surface area (Å²) in [4.78, 5) is 25.4. The van der Waals surface area contributed by atoms with Crippen molar-refractivity contribution in [3.63, 3.8) is 0 Å². The maximum atomic E-state index is 13.4. The smallest absolute Gasteiger partial charge is 0.242 e. The van der Waals surface area contributed by atoms with Gasteiger partial charge in [0.2, 0.25) is 5.91 Å². The van der Waals surface area contributed by atoms with Gasteiger partial charge in [-0.15, -0.1) is 0 Å². The summed E-state index contributed by atoms with van der Waals surface area (Å²) in [7, 11) is 0. The van der Waals surface area contributed by atoms with Crippen LogP contribution in [0.4, 0.5) is 4.39 Å². The number of piperidine rings is 1. The van der Waals surface area contributed by atoms with Crippen LogP contribution >= 0.6 is 0 Å². The number of aromatic nitrogens is 1. The molecule has 1 fully saturated rings. The van der Waals surface area contributed by atoms with Crippen LogP contribution in [0.5, 0.6) is 0 Å². The molecule has 1 amide bonds. The number of nitrogens with zero attached hydrogens (tertiary/aromatic N) is 2. The maximum absolute atomic E-state index is 13.4. The van der Waals surface area contributed by atoms with E-state index in [2.05, 4.69) is 6.92 Å². The van der Waals surface area contributed by atoms with E-state index in [0.717, 1.165) is 25.9 Å². The minimum absolute atomic E-state index is 0.0468. The fourth-order valence-corrected chi connectivity index (χ4v) is 3.03. The lowest BCUT2D eigenvalue weighted by Crippen LogP contribution is -2.39. The predicted octanol–water partition coefficient (Wildman–Crippen LogP) is 2.85. The van der Waals surface area contributed by atoms with Gasteiger partial charge in [-0.25, -0.2) is 4.39 Å². The molecular weight excluding hydrogens is 283 g/mol. The van der Waals surface area contributed by atoms with Crippen LogP contribution in [0, 0.1) is 11.7 Å². The number of carbonyl (C=O) groups excluding carboxylic acids is 2. The van der Waals surface area contributed by atoms with E-state index in [0.29, 0.717) is 28.7 Å². The SMILES string of the molecule is CC1CCN(C(=O)Cn2cc(C=O)c3cc(F)ccc32)CC1. The number of halogens is 1. The zero-order valence-corrected chi connectivity index (χ0v) is 12.6. The number of fused-ring (bicyclic) bond motifs is 1. The van der Waals surface area contributed by atoms with Crippen molar-refractivity contribution in [3.05, 3.63) is 35.8 Å². The summed E-state index contributed by atoms with van der Waals surface area (Å²) in [6.07, 6.45) is 4.39. The van der Waals surface area contributed by atoms with Crippen molar-refractivity contribution in [2.75, 3.05) is 13.1 Å². The topological polar surface area (TPSA) is 42.3 Å². The monoisotopic (exact) mass is 302 g/mol. The summed E-state index contributed by atoms with van der Waals surface area (Å²) >= 11 is 0. The minimum atomic E-state index is -0.385. The van der Waals surface area contributed by atoms with Crippen molar-refractivity contribution >= 4 is 23.1 Å². The second-order valence-electron chi connectivity index (χ2n) is 6.05. The van der Waals surface area contributed by atoms with Gasteiger partial charge >= 0.3 is 0 Å². The van der Waals surface area contributed by atoms with E-state index in [1.54, 1.807) is 16.8 Å². The van der Waals surface area contributed by atoms with Gasteiger partial charge in [0, 0.05) is 35.8 Å². The molecule has 0 aliphatic carbocycles. The molecule has 0 unspecified atom stereocenters. The molecule has 0 spiro atoms. The molecule has 1 aromatic carbocycles. The summed E-state index contributed by atoms with van der Waals surface area (Å²) in [5, 5.41) is 0.551. The van der Waals surface area contributed by atoms with Crippen molar-refractivity contribution < 1.29 is 14.0 Å². The first-order valence-electron chi connectivity index (χ1n) is 7.60. The molecule has 0 saturated carbocycles. The fraction of sp³-hybridized carbons (Fsp3) is 0.412. The van der Waals surface area contributed by atoms with Crippen molar-refractivity contribution in [1.29, 1.82) is 0 Å². The quantitative estimate of drug-likeness (QED) is 0.818. The van der Waals surface area contributed by atoms with Gasteiger partial charge < -0.3 is 9.47 Å². The standard InChI is InChI=1S/C17H19FN2O2/c1-12-4-6-19(7-5-12)17(22)10-20-9-13(11-21)15-8-14(18)2-3-16(15)20/h2-3,8-9,11-12H,4-7,10H2,1H3. The van der Waals surface area contributed by atoms with Gasteiger partial charge in [-0.2, -0.15) is 0 Å². The van der Waals surface area contributed by atoms with Gasteiger partial charge in [0.25, 0.3) is 0 Å². The summed E-state index contributed by atoms with van der Waals surface area (Å²) in [5.74, 6) is 0.330. The number of likely N-dealkylation sites (tertiary alicyclic amines) is 1. The molecule has 1 aromatic heterocycles. The summed E-state index contributed by atoms with van der Waals surface area (Å²) < 4.78 is 15.1. The Labute approximate surface area is 128 Å². The summed E-state index contributed by atoms with van der Waals surface area (Å²) in [6, 6.07) is 4.30. The lowest BCUT2D eigenvalue weighted by atomic mass is 9.99. The molecule has 0 radical (unpaired) electrons. The first kappa shape index (κ1) is 14.8. The molecule has 22 heavy (non-hydrogen) atoms. The molecule has 2 heterocycles. The van der Waals surface area contributed by atoms with Crippen LogP contribution in [-0.2, 0) is 11.3 Å². The van der Waals surface area contributed by atoms with E-state index >= 15 is 0 Å². The lowest BCUT2D eigenvalue weighted by Gasteiger charge is -2.30. The van der Waals surface area contributed by atoms with Gasteiger partial charge in [0.1, 0.15) is 12.4 Å². The third kappa shape index (κ3) is 2.75. The number of benzene rings is 1. The highest BCUT2D eigenvalue weighted by atomic mass is 19.1. The first-order valence-corrected chi connectivity index (χ1v) is 7.60. The Hall–Kier alpha value is -2.17.